The van der Waals surface area contributed by atoms with Crippen molar-refractivity contribution in [3.63, 3.8) is 0 Å². The summed E-state index contributed by atoms with van der Waals surface area (Å²) in [7, 11) is 0. The molecule has 0 saturated heterocycles. The van der Waals surface area contributed by atoms with E-state index in [0.717, 1.165) is 11.1 Å². The highest BCUT2D eigenvalue weighted by Crippen LogP contribution is 2.31. The van der Waals surface area contributed by atoms with Gasteiger partial charge < -0.3 is 15.0 Å². The fourth-order valence-corrected chi connectivity index (χ4v) is 3.95. The van der Waals surface area contributed by atoms with Crippen molar-refractivity contribution in [2.24, 2.45) is 0 Å². The molecule has 4 aromatic rings. The van der Waals surface area contributed by atoms with Crippen LogP contribution in [0.3, 0.4) is 0 Å². The lowest BCUT2D eigenvalue weighted by atomic mass is 10.1. The van der Waals surface area contributed by atoms with Crippen LogP contribution in [0.15, 0.2) is 72.9 Å². The third kappa shape index (κ3) is 4.30. The molecule has 8 heteroatoms. The predicted molar refractivity (Wildman–Crippen MR) is 125 cm³/mol. The minimum atomic E-state index is -0.389. The lowest BCUT2D eigenvalue weighted by molar-refractivity contribution is -0.135. The number of amides is 2. The monoisotopic (exact) mass is 456 g/mol. The molecule has 5 rings (SSSR count). The van der Waals surface area contributed by atoms with Gasteiger partial charge in [0.05, 0.1) is 29.8 Å². The fourth-order valence-electron chi connectivity index (χ4n) is 3.95. The highest BCUT2D eigenvalue weighted by atomic mass is 19.1. The molecule has 1 aliphatic rings. The van der Waals surface area contributed by atoms with Crippen LogP contribution in [0.5, 0.6) is 5.75 Å². The van der Waals surface area contributed by atoms with Gasteiger partial charge in [-0.05, 0) is 55.0 Å². The van der Waals surface area contributed by atoms with E-state index in [4.69, 9.17) is 4.74 Å². The highest BCUT2D eigenvalue weighted by Gasteiger charge is 2.27. The van der Waals surface area contributed by atoms with Gasteiger partial charge in [0.15, 0.2) is 6.61 Å². The first-order chi connectivity index (χ1) is 16.5. The van der Waals surface area contributed by atoms with E-state index in [9.17, 15) is 14.0 Å². The van der Waals surface area contributed by atoms with Crippen molar-refractivity contribution in [2.45, 2.75) is 19.5 Å². The number of para-hydroxylation sites is 2. The van der Waals surface area contributed by atoms with Crippen molar-refractivity contribution in [3.8, 4) is 5.75 Å². The van der Waals surface area contributed by atoms with Crippen molar-refractivity contribution in [3.05, 3.63) is 95.6 Å². The molecular formula is C26H21FN4O3. The third-order valence-corrected chi connectivity index (χ3v) is 5.83. The molecule has 0 fully saturated rings. The van der Waals surface area contributed by atoms with Crippen molar-refractivity contribution in [1.29, 1.82) is 0 Å². The quantitative estimate of drug-likeness (QED) is 0.489. The van der Waals surface area contributed by atoms with Gasteiger partial charge in [-0.1, -0.05) is 24.3 Å². The van der Waals surface area contributed by atoms with Gasteiger partial charge in [-0.3, -0.25) is 14.6 Å². The maximum Gasteiger partial charge on any atom is 0.275 e. The van der Waals surface area contributed by atoms with Crippen LogP contribution >= 0.6 is 0 Å². The summed E-state index contributed by atoms with van der Waals surface area (Å²) >= 11 is 0. The van der Waals surface area contributed by atoms with E-state index in [2.05, 4.69) is 15.3 Å². The van der Waals surface area contributed by atoms with Crippen LogP contribution in [0, 0.1) is 5.82 Å². The largest absolute Gasteiger partial charge is 0.483 e. The van der Waals surface area contributed by atoms with Gasteiger partial charge in [-0.15, -0.1) is 0 Å². The van der Waals surface area contributed by atoms with E-state index >= 15 is 0 Å². The van der Waals surface area contributed by atoms with Gasteiger partial charge in [-0.2, -0.15) is 0 Å². The Morgan fingerprint density at radius 2 is 1.85 bits per heavy atom. The molecule has 1 unspecified atom stereocenters. The minimum Gasteiger partial charge on any atom is -0.483 e. The molecule has 2 amide bonds. The molecule has 1 N–H and O–H groups in total. The van der Waals surface area contributed by atoms with E-state index < -0.39 is 0 Å². The molecular weight excluding hydrogens is 435 g/mol. The number of hydrogen-bond acceptors (Lipinski definition) is 5. The van der Waals surface area contributed by atoms with Crippen LogP contribution in [0.2, 0.25) is 0 Å². The first kappa shape index (κ1) is 21.5. The average molecular weight is 456 g/mol. The van der Waals surface area contributed by atoms with Crippen LogP contribution < -0.4 is 10.1 Å². The Kier molecular flexibility index (Phi) is 5.63. The van der Waals surface area contributed by atoms with Crippen LogP contribution in [0.4, 0.5) is 10.1 Å². The number of halogens is 1. The second-order valence-electron chi connectivity index (χ2n) is 8.06. The van der Waals surface area contributed by atoms with Gasteiger partial charge in [0.2, 0.25) is 0 Å². The summed E-state index contributed by atoms with van der Waals surface area (Å²) in [6.07, 6.45) is 1.44. The summed E-state index contributed by atoms with van der Waals surface area (Å²) < 4.78 is 19.0. The summed E-state index contributed by atoms with van der Waals surface area (Å²) in [4.78, 5) is 35.9. The number of fused-ring (bicyclic) bond motifs is 2. The van der Waals surface area contributed by atoms with Gasteiger partial charge in [0.25, 0.3) is 11.8 Å². The summed E-state index contributed by atoms with van der Waals surface area (Å²) in [5.74, 6) is -0.320. The normalized spacial score (nSPS) is 14.2. The summed E-state index contributed by atoms with van der Waals surface area (Å²) in [5.41, 5.74) is 3.66. The molecule has 2 heterocycles. The number of nitrogens with zero attached hydrogens (tertiary/aromatic N) is 3. The van der Waals surface area contributed by atoms with E-state index in [1.54, 1.807) is 41.3 Å². The summed E-state index contributed by atoms with van der Waals surface area (Å²) in [5, 5.41) is 2.84. The van der Waals surface area contributed by atoms with Crippen LogP contribution in [-0.2, 0) is 11.3 Å². The molecule has 3 aromatic carbocycles. The minimum absolute atomic E-state index is 0.100. The fraction of sp³-hybridized carbons (Fsp3) is 0.154. The van der Waals surface area contributed by atoms with Gasteiger partial charge in [-0.25, -0.2) is 9.37 Å². The number of aromatic nitrogens is 2. The van der Waals surface area contributed by atoms with Crippen molar-refractivity contribution in [2.75, 3.05) is 11.9 Å². The molecule has 0 bridgehead atoms. The molecule has 7 nitrogen and oxygen atoms in total. The molecule has 0 saturated carbocycles. The molecule has 1 atom stereocenters. The Balaban J connectivity index is 1.38. The maximum atomic E-state index is 13.3. The topological polar surface area (TPSA) is 84.4 Å². The van der Waals surface area contributed by atoms with E-state index in [1.165, 1.54) is 18.3 Å². The third-order valence-electron chi connectivity index (χ3n) is 5.83. The Labute approximate surface area is 195 Å². The molecule has 170 valence electrons. The van der Waals surface area contributed by atoms with Gasteiger partial charge >= 0.3 is 0 Å². The Bertz CT molecular complexity index is 1390. The number of hydrogen-bond donors (Lipinski definition) is 1. The standard InChI is InChI=1S/C26H21FN4O3/c1-16(17-6-8-19(27)9-7-17)31-14-18-12-20(10-11-24(18)34-15-25(31)32)29-26(33)23-13-28-21-4-2-3-5-22(21)30-23/h2-13,16H,14-15H2,1H3,(H,29,33). The van der Waals surface area contributed by atoms with Crippen molar-refractivity contribution in [1.82, 2.24) is 14.9 Å². The van der Waals surface area contributed by atoms with Crippen LogP contribution in [0.1, 0.15) is 34.6 Å². The Morgan fingerprint density at radius 1 is 1.09 bits per heavy atom. The number of ether oxygens (including phenoxy) is 1. The lowest BCUT2D eigenvalue weighted by Crippen LogP contribution is -2.34. The number of carbonyl (C=O) groups excluding carboxylic acids is 2. The summed E-state index contributed by atoms with van der Waals surface area (Å²) in [6.45, 7) is 2.07. The van der Waals surface area contributed by atoms with E-state index in [1.807, 2.05) is 25.1 Å². The number of rotatable bonds is 4. The predicted octanol–water partition coefficient (Wildman–Crippen LogP) is 4.50. The number of carbonyl (C=O) groups is 2. The first-order valence-corrected chi connectivity index (χ1v) is 10.8. The number of anilines is 1. The molecule has 0 radical (unpaired) electrons. The first-order valence-electron chi connectivity index (χ1n) is 10.8. The molecule has 34 heavy (non-hydrogen) atoms. The van der Waals surface area contributed by atoms with E-state index in [-0.39, 0.29) is 42.5 Å². The van der Waals surface area contributed by atoms with Gasteiger partial charge in [0.1, 0.15) is 17.3 Å². The molecule has 0 spiro atoms. The van der Waals surface area contributed by atoms with Gasteiger partial charge in [0, 0.05) is 11.3 Å². The van der Waals surface area contributed by atoms with Crippen LogP contribution in [0.25, 0.3) is 11.0 Å². The Morgan fingerprint density at radius 3 is 2.65 bits per heavy atom. The zero-order valence-electron chi connectivity index (χ0n) is 18.4. The zero-order chi connectivity index (χ0) is 23.7. The second kappa shape index (κ2) is 8.90. The smallest absolute Gasteiger partial charge is 0.275 e. The molecule has 1 aliphatic heterocycles. The summed E-state index contributed by atoms with van der Waals surface area (Å²) in [6, 6.07) is 18.4. The van der Waals surface area contributed by atoms with E-state index in [0.29, 0.717) is 22.5 Å². The second-order valence-corrected chi connectivity index (χ2v) is 8.06. The lowest BCUT2D eigenvalue weighted by Gasteiger charge is -2.28. The average Bonchev–Trinajstić information content (AvgIpc) is 3.02. The maximum absolute atomic E-state index is 13.3. The highest BCUT2D eigenvalue weighted by molar-refractivity contribution is 6.03. The van der Waals surface area contributed by atoms with Crippen molar-refractivity contribution < 1.29 is 18.7 Å². The zero-order valence-corrected chi connectivity index (χ0v) is 18.4. The SMILES string of the molecule is CC(c1ccc(F)cc1)N1Cc2cc(NC(=O)c3cnc4ccccc4n3)ccc2OCC1=O. The Hall–Kier alpha value is -4.33. The molecule has 1 aromatic heterocycles. The number of benzene rings is 3. The van der Waals surface area contributed by atoms with Crippen LogP contribution in [-0.4, -0.2) is 33.3 Å². The number of nitrogens with one attached hydrogen (secondary N) is 1. The van der Waals surface area contributed by atoms with Crippen molar-refractivity contribution >= 4 is 28.5 Å². The molecule has 0 aliphatic carbocycles.